The molecule has 1 fully saturated rings. The van der Waals surface area contributed by atoms with Gasteiger partial charge in [-0.3, -0.25) is 0 Å². The van der Waals surface area contributed by atoms with Crippen molar-refractivity contribution in [2.45, 2.75) is 70.9 Å². The van der Waals surface area contributed by atoms with Gasteiger partial charge in [-0.05, 0) is 69.7 Å². The molecular weight excluding hydrogens is 428 g/mol. The second-order valence-electron chi connectivity index (χ2n) is 10.6. The standard InChI is InChI=1S/C28H40N2O4/c1-28(2,3)34-27(33)29-24-15-10-20-30(21-24,18-8-13-22-11-4-6-16-25(22)31)19-9-14-23-12-5-7-17-26(23)32/h4-7,11-12,16-17,24H,8-10,13-15,18-21H2,1-3H3,(H2-,29,31,32,33)/p+1/t24-/m0/s1. The van der Waals surface area contributed by atoms with Crippen molar-refractivity contribution in [1.82, 2.24) is 5.32 Å². The van der Waals surface area contributed by atoms with Crippen molar-refractivity contribution in [3.63, 3.8) is 0 Å². The first kappa shape index (κ1) is 25.9. The van der Waals surface area contributed by atoms with E-state index in [0.717, 1.165) is 80.3 Å². The van der Waals surface area contributed by atoms with Crippen LogP contribution in [0.15, 0.2) is 48.5 Å². The Kier molecular flexibility index (Phi) is 8.84. The Balaban J connectivity index is 1.65. The minimum atomic E-state index is -0.514. The van der Waals surface area contributed by atoms with Gasteiger partial charge in [0.05, 0.1) is 32.2 Å². The largest absolute Gasteiger partial charge is 0.508 e. The van der Waals surface area contributed by atoms with Crippen molar-refractivity contribution in [1.29, 1.82) is 0 Å². The monoisotopic (exact) mass is 469 g/mol. The van der Waals surface area contributed by atoms with E-state index in [9.17, 15) is 15.0 Å². The molecule has 0 radical (unpaired) electrons. The van der Waals surface area contributed by atoms with Crippen LogP contribution in [0.25, 0.3) is 0 Å². The van der Waals surface area contributed by atoms with Crippen LogP contribution in [0.2, 0.25) is 0 Å². The van der Waals surface area contributed by atoms with Crippen molar-refractivity contribution in [3.05, 3.63) is 59.7 Å². The van der Waals surface area contributed by atoms with Crippen LogP contribution in [0.1, 0.15) is 57.6 Å². The number of carbonyl (C=O) groups is 1. The maximum atomic E-state index is 12.4. The molecule has 1 amide bonds. The molecule has 0 saturated carbocycles. The third-order valence-electron chi connectivity index (χ3n) is 6.65. The molecule has 0 aromatic heterocycles. The predicted molar refractivity (Wildman–Crippen MR) is 135 cm³/mol. The van der Waals surface area contributed by atoms with Gasteiger partial charge < -0.3 is 24.7 Å². The number of nitrogens with zero attached hydrogens (tertiary/aromatic N) is 1. The Morgan fingerprint density at radius 1 is 0.971 bits per heavy atom. The Labute approximate surface area is 204 Å². The first-order valence-corrected chi connectivity index (χ1v) is 12.5. The molecule has 1 aliphatic rings. The van der Waals surface area contributed by atoms with Crippen molar-refractivity contribution >= 4 is 6.09 Å². The van der Waals surface area contributed by atoms with E-state index in [2.05, 4.69) is 5.32 Å². The summed E-state index contributed by atoms with van der Waals surface area (Å²) in [6.07, 6.45) is 5.25. The lowest BCUT2D eigenvalue weighted by molar-refractivity contribution is -0.933. The fourth-order valence-corrected chi connectivity index (χ4v) is 5.09. The third-order valence-corrected chi connectivity index (χ3v) is 6.65. The highest BCUT2D eigenvalue weighted by Crippen LogP contribution is 2.25. The first-order valence-electron chi connectivity index (χ1n) is 12.5. The summed E-state index contributed by atoms with van der Waals surface area (Å²) in [4.78, 5) is 12.4. The lowest BCUT2D eigenvalue weighted by Crippen LogP contribution is -2.60. The molecule has 1 heterocycles. The minimum absolute atomic E-state index is 0.0823. The summed E-state index contributed by atoms with van der Waals surface area (Å²) in [5.41, 5.74) is 1.45. The van der Waals surface area contributed by atoms with Gasteiger partial charge in [0.15, 0.2) is 0 Å². The number of alkyl carbamates (subject to hydrolysis) is 1. The summed E-state index contributed by atoms with van der Waals surface area (Å²) >= 11 is 0. The van der Waals surface area contributed by atoms with Gasteiger partial charge in [0, 0.05) is 12.8 Å². The van der Waals surface area contributed by atoms with E-state index in [1.807, 2.05) is 57.2 Å². The molecule has 0 spiro atoms. The zero-order valence-corrected chi connectivity index (χ0v) is 20.9. The molecule has 0 bridgehead atoms. The van der Waals surface area contributed by atoms with Gasteiger partial charge in [-0.25, -0.2) is 4.79 Å². The molecule has 0 aliphatic carbocycles. The fraction of sp³-hybridized carbons (Fsp3) is 0.536. The maximum absolute atomic E-state index is 12.4. The van der Waals surface area contributed by atoms with Gasteiger partial charge >= 0.3 is 6.09 Å². The molecule has 3 N–H and O–H groups in total. The van der Waals surface area contributed by atoms with E-state index in [0.29, 0.717) is 11.5 Å². The molecule has 2 aromatic rings. The Hall–Kier alpha value is -2.73. The predicted octanol–water partition coefficient (Wildman–Crippen LogP) is 5.17. The molecule has 3 rings (SSSR count). The molecule has 0 unspecified atom stereocenters. The third kappa shape index (κ3) is 7.94. The van der Waals surface area contributed by atoms with Crippen LogP contribution in [-0.4, -0.2) is 58.6 Å². The first-order chi connectivity index (χ1) is 16.2. The average molecular weight is 470 g/mol. The number of benzene rings is 2. The number of carbonyl (C=O) groups excluding carboxylic acids is 1. The number of phenols is 2. The summed E-state index contributed by atoms with van der Waals surface area (Å²) in [6.45, 7) is 9.57. The van der Waals surface area contributed by atoms with Crippen LogP contribution in [0, 0.1) is 0 Å². The molecular formula is C28H41N2O4+. The summed E-state index contributed by atoms with van der Waals surface area (Å²) in [7, 11) is 0. The highest BCUT2D eigenvalue weighted by molar-refractivity contribution is 5.68. The second-order valence-corrected chi connectivity index (χ2v) is 10.6. The molecule has 1 saturated heterocycles. The number of para-hydroxylation sites is 2. The number of aryl methyl sites for hydroxylation is 2. The highest BCUT2D eigenvalue weighted by Gasteiger charge is 2.35. The highest BCUT2D eigenvalue weighted by atomic mass is 16.6. The average Bonchev–Trinajstić information content (AvgIpc) is 2.75. The summed E-state index contributed by atoms with van der Waals surface area (Å²) < 4.78 is 6.43. The van der Waals surface area contributed by atoms with Crippen LogP contribution >= 0.6 is 0 Å². The number of phenolic OH excluding ortho intramolecular Hbond substituents is 2. The van der Waals surface area contributed by atoms with Gasteiger partial charge in [-0.15, -0.1) is 0 Å². The molecule has 186 valence electrons. The Bertz CT molecular complexity index is 886. The van der Waals surface area contributed by atoms with Gasteiger partial charge in [0.2, 0.25) is 0 Å². The van der Waals surface area contributed by atoms with Gasteiger partial charge in [0.25, 0.3) is 0 Å². The number of aromatic hydroxyl groups is 2. The van der Waals surface area contributed by atoms with Crippen LogP contribution in [0.5, 0.6) is 11.5 Å². The summed E-state index contributed by atoms with van der Waals surface area (Å²) in [6, 6.07) is 15.2. The zero-order valence-electron chi connectivity index (χ0n) is 20.9. The van der Waals surface area contributed by atoms with Crippen LogP contribution in [0.4, 0.5) is 4.79 Å². The van der Waals surface area contributed by atoms with E-state index in [-0.39, 0.29) is 12.1 Å². The minimum Gasteiger partial charge on any atom is -0.508 e. The van der Waals surface area contributed by atoms with E-state index in [4.69, 9.17) is 4.74 Å². The lowest BCUT2D eigenvalue weighted by Gasteiger charge is -2.45. The molecule has 34 heavy (non-hydrogen) atoms. The van der Waals surface area contributed by atoms with E-state index in [1.165, 1.54) is 0 Å². The topological polar surface area (TPSA) is 78.8 Å². The van der Waals surface area contributed by atoms with Crippen LogP contribution in [0.3, 0.4) is 0 Å². The number of hydrogen-bond donors (Lipinski definition) is 3. The van der Waals surface area contributed by atoms with Gasteiger partial charge in [0.1, 0.15) is 17.1 Å². The molecule has 6 heteroatoms. The molecule has 2 aromatic carbocycles. The van der Waals surface area contributed by atoms with Crippen molar-refractivity contribution in [2.24, 2.45) is 0 Å². The van der Waals surface area contributed by atoms with E-state index in [1.54, 1.807) is 12.1 Å². The fourth-order valence-electron chi connectivity index (χ4n) is 5.09. The molecule has 1 aliphatic heterocycles. The van der Waals surface area contributed by atoms with Crippen molar-refractivity contribution in [3.8, 4) is 11.5 Å². The zero-order chi connectivity index (χ0) is 24.6. The number of rotatable bonds is 9. The molecule has 1 atom stereocenters. The maximum Gasteiger partial charge on any atom is 0.408 e. The smallest absolute Gasteiger partial charge is 0.408 e. The normalized spacial score (nSPS) is 17.8. The summed E-state index contributed by atoms with van der Waals surface area (Å²) in [5.74, 6) is 0.716. The van der Waals surface area contributed by atoms with E-state index >= 15 is 0 Å². The Morgan fingerprint density at radius 2 is 1.50 bits per heavy atom. The Morgan fingerprint density at radius 3 is 2.00 bits per heavy atom. The van der Waals surface area contributed by atoms with Gasteiger partial charge in [-0.1, -0.05) is 36.4 Å². The number of ether oxygens (including phenoxy) is 1. The van der Waals surface area contributed by atoms with Crippen LogP contribution in [-0.2, 0) is 17.6 Å². The number of likely N-dealkylation sites (tertiary alicyclic amines) is 1. The van der Waals surface area contributed by atoms with Crippen molar-refractivity contribution in [2.75, 3.05) is 26.2 Å². The number of hydrogen-bond acceptors (Lipinski definition) is 4. The van der Waals surface area contributed by atoms with E-state index < -0.39 is 5.60 Å². The van der Waals surface area contributed by atoms with Gasteiger partial charge in [-0.2, -0.15) is 0 Å². The SMILES string of the molecule is CC(C)(C)OC(=O)N[C@H]1CCC[N+](CCCc2ccccc2O)(CCCc2ccccc2O)C1. The number of quaternary nitrogens is 1. The number of nitrogens with one attached hydrogen (secondary N) is 1. The summed E-state index contributed by atoms with van der Waals surface area (Å²) in [5, 5.41) is 23.4. The van der Waals surface area contributed by atoms with Crippen molar-refractivity contribution < 1.29 is 24.2 Å². The van der Waals surface area contributed by atoms with Crippen LogP contribution < -0.4 is 5.32 Å². The second kappa shape index (κ2) is 11.6. The lowest BCUT2D eigenvalue weighted by atomic mass is 9.99. The number of piperidine rings is 1. The molecule has 6 nitrogen and oxygen atoms in total. The number of amides is 1. The quantitative estimate of drug-likeness (QED) is 0.443.